The molecule has 0 heterocycles. The summed E-state index contributed by atoms with van der Waals surface area (Å²) in [5, 5.41) is 1.69. The summed E-state index contributed by atoms with van der Waals surface area (Å²) in [5.74, 6) is -0.181. The molecule has 0 aliphatic rings. The van der Waals surface area contributed by atoms with Crippen LogP contribution in [-0.2, 0) is 6.42 Å². The summed E-state index contributed by atoms with van der Waals surface area (Å²) >= 11 is 7.08. The number of hydrogen-bond acceptors (Lipinski definition) is 1. The Balaban J connectivity index is 2.77. The summed E-state index contributed by atoms with van der Waals surface area (Å²) in [4.78, 5) is 0. The van der Waals surface area contributed by atoms with Crippen LogP contribution in [0.3, 0.4) is 0 Å². The Labute approximate surface area is 134 Å². The zero-order valence-electron chi connectivity index (χ0n) is 11.1. The number of rotatable bonds is 7. The monoisotopic (exact) mass is 416 g/mol. The van der Waals surface area contributed by atoms with Crippen molar-refractivity contribution in [3.63, 3.8) is 0 Å². The predicted octanol–water partition coefficient (Wildman–Crippen LogP) is 5.70. The number of benzene rings is 1. The van der Waals surface area contributed by atoms with Gasteiger partial charge >= 0.3 is 6.36 Å². The van der Waals surface area contributed by atoms with Gasteiger partial charge in [-0.15, -0.1) is 13.2 Å². The van der Waals surface area contributed by atoms with Crippen molar-refractivity contribution in [2.24, 2.45) is 5.41 Å². The second kappa shape index (κ2) is 7.69. The van der Waals surface area contributed by atoms with Gasteiger partial charge in [-0.05, 0) is 36.0 Å². The minimum atomic E-state index is -4.64. The van der Waals surface area contributed by atoms with E-state index in [1.807, 2.05) is 0 Å². The highest BCUT2D eigenvalue weighted by atomic mass is 79.9. The molecule has 0 N–H and O–H groups in total. The van der Waals surface area contributed by atoms with E-state index in [4.69, 9.17) is 0 Å². The van der Waals surface area contributed by atoms with Crippen LogP contribution in [0.1, 0.15) is 25.3 Å². The Hall–Kier alpha value is -0.230. The third-order valence-electron chi connectivity index (χ3n) is 3.08. The molecule has 0 unspecified atom stereocenters. The fourth-order valence-electron chi connectivity index (χ4n) is 2.12. The molecule has 0 radical (unpaired) electrons. The van der Waals surface area contributed by atoms with E-state index >= 15 is 0 Å². The molecule has 1 aromatic carbocycles. The SMILES string of the molecule is CCCC(CBr)(CBr)Cc1ccc(OC(F)(F)F)cc1. The largest absolute Gasteiger partial charge is 0.573 e. The van der Waals surface area contributed by atoms with Gasteiger partial charge in [-0.25, -0.2) is 0 Å². The van der Waals surface area contributed by atoms with E-state index in [1.54, 1.807) is 12.1 Å². The van der Waals surface area contributed by atoms with Crippen LogP contribution in [-0.4, -0.2) is 17.0 Å². The fraction of sp³-hybridized carbons (Fsp3) is 0.571. The lowest BCUT2D eigenvalue weighted by Gasteiger charge is -2.30. The van der Waals surface area contributed by atoms with Gasteiger partial charge in [0.2, 0.25) is 0 Å². The van der Waals surface area contributed by atoms with Crippen molar-refractivity contribution in [1.29, 1.82) is 0 Å². The molecule has 0 fully saturated rings. The molecule has 6 heteroatoms. The van der Waals surface area contributed by atoms with Crippen LogP contribution in [0.25, 0.3) is 0 Å². The van der Waals surface area contributed by atoms with Crippen molar-refractivity contribution in [3.8, 4) is 5.75 Å². The maximum Gasteiger partial charge on any atom is 0.573 e. The van der Waals surface area contributed by atoms with Crippen molar-refractivity contribution in [1.82, 2.24) is 0 Å². The van der Waals surface area contributed by atoms with Crippen molar-refractivity contribution in [3.05, 3.63) is 29.8 Å². The molecule has 0 spiro atoms. The molecule has 0 aromatic heterocycles. The van der Waals surface area contributed by atoms with Gasteiger partial charge in [-0.1, -0.05) is 57.3 Å². The third kappa shape index (κ3) is 5.64. The van der Waals surface area contributed by atoms with E-state index in [2.05, 4.69) is 43.5 Å². The van der Waals surface area contributed by atoms with E-state index < -0.39 is 6.36 Å². The number of hydrogen-bond donors (Lipinski definition) is 0. The van der Waals surface area contributed by atoms with E-state index in [0.717, 1.165) is 35.5 Å². The van der Waals surface area contributed by atoms with E-state index in [1.165, 1.54) is 12.1 Å². The molecule has 0 aliphatic carbocycles. The Morgan fingerprint density at radius 2 is 1.60 bits per heavy atom. The molecule has 20 heavy (non-hydrogen) atoms. The van der Waals surface area contributed by atoms with Gasteiger partial charge in [0, 0.05) is 10.7 Å². The molecular formula is C14H17Br2F3O. The molecule has 0 bridgehead atoms. The van der Waals surface area contributed by atoms with Gasteiger partial charge < -0.3 is 4.74 Å². The Morgan fingerprint density at radius 3 is 2.00 bits per heavy atom. The van der Waals surface area contributed by atoms with Gasteiger partial charge in [-0.3, -0.25) is 0 Å². The van der Waals surface area contributed by atoms with Crippen LogP contribution >= 0.6 is 31.9 Å². The zero-order valence-corrected chi connectivity index (χ0v) is 14.3. The van der Waals surface area contributed by atoms with Gasteiger partial charge in [0.05, 0.1) is 0 Å². The molecule has 1 nitrogen and oxygen atoms in total. The number of ether oxygens (including phenoxy) is 1. The Morgan fingerprint density at radius 1 is 1.05 bits per heavy atom. The predicted molar refractivity (Wildman–Crippen MR) is 81.8 cm³/mol. The summed E-state index contributed by atoms with van der Waals surface area (Å²) in [5.41, 5.74) is 1.09. The summed E-state index contributed by atoms with van der Waals surface area (Å²) in [7, 11) is 0. The van der Waals surface area contributed by atoms with Gasteiger partial charge in [0.25, 0.3) is 0 Å². The second-order valence-electron chi connectivity index (χ2n) is 4.89. The molecule has 1 aromatic rings. The smallest absolute Gasteiger partial charge is 0.406 e. The highest BCUT2D eigenvalue weighted by Crippen LogP contribution is 2.34. The standard InChI is InChI=1S/C14H17Br2F3O/c1-2-7-13(9-15,10-16)8-11-3-5-12(6-4-11)20-14(17,18)19/h3-6H,2,7-10H2,1H3. The fourth-order valence-corrected chi connectivity index (χ4v) is 4.01. The van der Waals surface area contributed by atoms with Crippen molar-refractivity contribution in [2.75, 3.05) is 10.7 Å². The first-order valence-corrected chi connectivity index (χ1v) is 8.55. The molecule has 0 amide bonds. The normalized spacial score (nSPS) is 12.5. The van der Waals surface area contributed by atoms with E-state index in [0.29, 0.717) is 0 Å². The quantitative estimate of drug-likeness (QED) is 0.516. The highest BCUT2D eigenvalue weighted by Gasteiger charge is 2.31. The topological polar surface area (TPSA) is 9.23 Å². The maximum absolute atomic E-state index is 12.1. The molecule has 1 rings (SSSR count). The van der Waals surface area contributed by atoms with Gasteiger partial charge in [-0.2, -0.15) is 0 Å². The van der Waals surface area contributed by atoms with Gasteiger partial charge in [0.1, 0.15) is 5.75 Å². The molecule has 114 valence electrons. The van der Waals surface area contributed by atoms with E-state index in [9.17, 15) is 13.2 Å². The molecule has 0 saturated heterocycles. The van der Waals surface area contributed by atoms with Crippen molar-refractivity contribution >= 4 is 31.9 Å². The summed E-state index contributed by atoms with van der Waals surface area (Å²) in [6.07, 6.45) is -1.72. The molecule has 0 saturated carbocycles. The van der Waals surface area contributed by atoms with Crippen LogP contribution < -0.4 is 4.74 Å². The number of alkyl halides is 5. The average Bonchev–Trinajstić information content (AvgIpc) is 2.39. The second-order valence-corrected chi connectivity index (χ2v) is 6.01. The molecule has 0 atom stereocenters. The zero-order chi connectivity index (χ0) is 15.2. The minimum Gasteiger partial charge on any atom is -0.406 e. The van der Waals surface area contributed by atoms with Crippen LogP contribution in [0, 0.1) is 5.41 Å². The molecular weight excluding hydrogens is 401 g/mol. The first-order chi connectivity index (χ1) is 9.34. The summed E-state index contributed by atoms with van der Waals surface area (Å²) in [6, 6.07) is 6.11. The first-order valence-electron chi connectivity index (χ1n) is 6.31. The Kier molecular flexibility index (Phi) is 6.85. The van der Waals surface area contributed by atoms with Crippen molar-refractivity contribution in [2.45, 2.75) is 32.5 Å². The van der Waals surface area contributed by atoms with Crippen LogP contribution in [0.2, 0.25) is 0 Å². The molecule has 0 aliphatic heterocycles. The van der Waals surface area contributed by atoms with Crippen LogP contribution in [0.5, 0.6) is 5.75 Å². The lowest BCUT2D eigenvalue weighted by Crippen LogP contribution is -2.27. The Bertz CT molecular complexity index is 400. The third-order valence-corrected chi connectivity index (χ3v) is 5.46. The van der Waals surface area contributed by atoms with E-state index in [-0.39, 0.29) is 11.2 Å². The highest BCUT2D eigenvalue weighted by molar-refractivity contribution is 9.09. The average molecular weight is 418 g/mol. The lowest BCUT2D eigenvalue weighted by molar-refractivity contribution is -0.274. The first kappa shape index (κ1) is 17.8. The maximum atomic E-state index is 12.1. The van der Waals surface area contributed by atoms with Crippen molar-refractivity contribution < 1.29 is 17.9 Å². The van der Waals surface area contributed by atoms with Crippen LogP contribution in [0.4, 0.5) is 13.2 Å². The lowest BCUT2D eigenvalue weighted by atomic mass is 9.82. The number of halogens is 5. The minimum absolute atomic E-state index is 0.0845. The summed E-state index contributed by atoms with van der Waals surface area (Å²) < 4.78 is 40.1. The van der Waals surface area contributed by atoms with Crippen LogP contribution in [0.15, 0.2) is 24.3 Å². The summed E-state index contributed by atoms with van der Waals surface area (Å²) in [6.45, 7) is 2.13. The van der Waals surface area contributed by atoms with Gasteiger partial charge in [0.15, 0.2) is 0 Å².